The van der Waals surface area contributed by atoms with Gasteiger partial charge in [0.05, 0.1) is 30.6 Å². The Balaban J connectivity index is 1.51. The van der Waals surface area contributed by atoms with Crippen molar-refractivity contribution in [2.24, 2.45) is 11.8 Å². The van der Waals surface area contributed by atoms with Crippen LogP contribution in [0.25, 0.3) is 0 Å². The number of hydrogen-bond donors (Lipinski definition) is 2. The zero-order chi connectivity index (χ0) is 40.4. The van der Waals surface area contributed by atoms with Crippen LogP contribution in [0, 0.1) is 11.8 Å². The molecule has 3 heterocycles. The molecule has 13 heteroatoms. The standard InChI is InChI=1S/C43H57BrN4O8/c1-6-10-19-34(50)45-33(28-54-5)37(29-17-13-11-14-18-29)55-42(53)35-36-40(51)48(25-15-12-16-26-49)39(43(36)27-32(44)38(35)56-43)41(52)47(24-7-2)31-22-20-30(21-23-31)46(8-3)9-4/h6-7,11,13-14,17-18,20-23,32-33,35-39,49H,1-2,8-10,12,15-16,19,24-28H2,3-5H3,(H,45,50)/t32?,33-,35+,36-,37-,38+,39+,43-/m0/s1. The van der Waals surface area contributed by atoms with E-state index in [1.165, 1.54) is 7.11 Å². The summed E-state index contributed by atoms with van der Waals surface area (Å²) in [7, 11) is 1.51. The maximum absolute atomic E-state index is 15.1. The number of ether oxygens (including phenoxy) is 3. The van der Waals surface area contributed by atoms with Gasteiger partial charge in [-0.3, -0.25) is 19.2 Å². The Kier molecular flexibility index (Phi) is 15.3. The number of halogens is 1. The predicted molar refractivity (Wildman–Crippen MR) is 219 cm³/mol. The highest BCUT2D eigenvalue weighted by molar-refractivity contribution is 9.09. The van der Waals surface area contributed by atoms with E-state index in [2.05, 4.69) is 53.2 Å². The molecule has 1 unspecified atom stereocenters. The van der Waals surface area contributed by atoms with Gasteiger partial charge in [0.25, 0.3) is 5.91 Å². The average Bonchev–Trinajstić information content (AvgIpc) is 3.80. The van der Waals surface area contributed by atoms with Gasteiger partial charge < -0.3 is 39.3 Å². The van der Waals surface area contributed by atoms with Gasteiger partial charge in [0.15, 0.2) is 0 Å². The van der Waals surface area contributed by atoms with E-state index in [1.54, 1.807) is 22.0 Å². The van der Waals surface area contributed by atoms with E-state index in [1.807, 2.05) is 54.6 Å². The normalized spacial score (nSPS) is 24.6. The number of fused-ring (bicyclic) bond motifs is 1. The van der Waals surface area contributed by atoms with Crippen LogP contribution in [-0.4, -0.2) is 109 Å². The molecule has 2 bridgehead atoms. The molecule has 2 aromatic rings. The SMILES string of the molecule is C=CCCC(=O)N[C@@H](COC)[C@@H](OC(=O)[C@H]1[C@@H]2O[C@@]3(CC2Br)[C@@H]1C(=O)N(CCCCCO)[C@@H]3C(=O)N(CC=C)c1ccc(N(CC)CC)cc1)c1ccccc1. The number of unbranched alkanes of at least 4 members (excludes halogenated alkanes) is 2. The molecule has 304 valence electrons. The molecular weight excluding hydrogens is 780 g/mol. The lowest BCUT2D eigenvalue weighted by atomic mass is 9.70. The highest BCUT2D eigenvalue weighted by Crippen LogP contribution is 2.60. The summed E-state index contributed by atoms with van der Waals surface area (Å²) in [5, 5.41) is 12.5. The molecule has 1 spiro atoms. The first-order valence-corrected chi connectivity index (χ1v) is 20.7. The van der Waals surface area contributed by atoms with E-state index in [9.17, 15) is 19.5 Å². The van der Waals surface area contributed by atoms with Crippen LogP contribution >= 0.6 is 15.9 Å². The fraction of sp³-hybridized carbons (Fsp3) is 0.535. The van der Waals surface area contributed by atoms with E-state index in [0.717, 1.165) is 18.8 Å². The number of alkyl halides is 1. The van der Waals surface area contributed by atoms with Gasteiger partial charge in [0.2, 0.25) is 11.8 Å². The average molecular weight is 838 g/mol. The highest BCUT2D eigenvalue weighted by Gasteiger charge is 2.77. The number of carbonyl (C=O) groups is 4. The van der Waals surface area contributed by atoms with Crippen LogP contribution in [0.15, 0.2) is 79.9 Å². The van der Waals surface area contributed by atoms with Gasteiger partial charge in [-0.05, 0) is 75.8 Å². The van der Waals surface area contributed by atoms with Gasteiger partial charge in [0.1, 0.15) is 17.7 Å². The minimum absolute atomic E-state index is 0.0186. The van der Waals surface area contributed by atoms with Gasteiger partial charge in [0, 0.05) is 62.5 Å². The number of anilines is 2. The second-order valence-electron chi connectivity index (χ2n) is 14.6. The summed E-state index contributed by atoms with van der Waals surface area (Å²) in [4.78, 5) is 62.6. The van der Waals surface area contributed by atoms with E-state index in [0.29, 0.717) is 43.4 Å². The molecule has 56 heavy (non-hydrogen) atoms. The summed E-state index contributed by atoms with van der Waals surface area (Å²) in [6.07, 6.45) is 4.39. The van der Waals surface area contributed by atoms with Crippen molar-refractivity contribution in [2.45, 2.75) is 87.1 Å². The molecule has 8 atom stereocenters. The molecule has 2 aromatic carbocycles. The monoisotopic (exact) mass is 836 g/mol. The Morgan fingerprint density at radius 3 is 2.38 bits per heavy atom. The molecule has 0 aliphatic carbocycles. The number of hydrogen-bond acceptors (Lipinski definition) is 9. The zero-order valence-corrected chi connectivity index (χ0v) is 34.4. The molecule has 0 radical (unpaired) electrons. The first kappa shape index (κ1) is 43.1. The number of amides is 3. The molecule has 3 aliphatic heterocycles. The molecule has 5 rings (SSSR count). The number of aliphatic hydroxyl groups excluding tert-OH is 1. The van der Waals surface area contributed by atoms with Gasteiger partial charge in [-0.15, -0.1) is 13.2 Å². The van der Waals surface area contributed by atoms with Gasteiger partial charge in [-0.25, -0.2) is 0 Å². The molecule has 3 aliphatic rings. The quantitative estimate of drug-likeness (QED) is 0.0697. The molecular formula is C43H57BrN4O8. The fourth-order valence-electron chi connectivity index (χ4n) is 8.65. The van der Waals surface area contributed by atoms with E-state index < -0.39 is 47.7 Å². The first-order valence-electron chi connectivity index (χ1n) is 19.8. The molecule has 0 saturated carbocycles. The van der Waals surface area contributed by atoms with Crippen LogP contribution in [0.3, 0.4) is 0 Å². The molecule has 3 fully saturated rings. The third-order valence-corrected chi connectivity index (χ3v) is 12.1. The van der Waals surface area contributed by atoms with Crippen LogP contribution in [0.4, 0.5) is 11.4 Å². The first-order chi connectivity index (χ1) is 27.1. The fourth-order valence-corrected chi connectivity index (χ4v) is 9.59. The number of rotatable bonds is 22. The highest BCUT2D eigenvalue weighted by atomic mass is 79.9. The van der Waals surface area contributed by atoms with E-state index in [4.69, 9.17) is 14.2 Å². The summed E-state index contributed by atoms with van der Waals surface area (Å²) in [5.41, 5.74) is 1.01. The predicted octanol–water partition coefficient (Wildman–Crippen LogP) is 5.34. The number of methoxy groups -OCH3 is 1. The minimum atomic E-state index is -1.32. The Morgan fingerprint density at radius 2 is 1.75 bits per heavy atom. The number of allylic oxidation sites excluding steroid dienone is 1. The van der Waals surface area contributed by atoms with Gasteiger partial charge in [-0.1, -0.05) is 58.4 Å². The smallest absolute Gasteiger partial charge is 0.313 e. The molecule has 12 nitrogen and oxygen atoms in total. The third-order valence-electron chi connectivity index (χ3n) is 11.2. The molecule has 2 N–H and O–H groups in total. The minimum Gasteiger partial charge on any atom is -0.455 e. The van der Waals surface area contributed by atoms with Crippen LogP contribution in [0.2, 0.25) is 0 Å². The van der Waals surface area contributed by atoms with Crippen LogP contribution < -0.4 is 15.1 Å². The molecule has 3 amide bonds. The van der Waals surface area contributed by atoms with Crippen molar-refractivity contribution in [2.75, 3.05) is 56.3 Å². The van der Waals surface area contributed by atoms with E-state index >= 15 is 4.79 Å². The van der Waals surface area contributed by atoms with Crippen LogP contribution in [-0.2, 0) is 33.4 Å². The summed E-state index contributed by atoms with van der Waals surface area (Å²) in [6.45, 7) is 14.0. The largest absolute Gasteiger partial charge is 0.455 e. The van der Waals surface area contributed by atoms with Crippen molar-refractivity contribution in [3.8, 4) is 0 Å². The topological polar surface area (TPSA) is 138 Å². The number of benzene rings is 2. The van der Waals surface area contributed by atoms with Crippen molar-refractivity contribution in [3.05, 3.63) is 85.5 Å². The second kappa shape index (κ2) is 19.9. The Labute approximate surface area is 339 Å². The lowest BCUT2D eigenvalue weighted by Crippen LogP contribution is -2.57. The van der Waals surface area contributed by atoms with Crippen LogP contribution in [0.1, 0.15) is 64.0 Å². The van der Waals surface area contributed by atoms with Crippen molar-refractivity contribution >= 4 is 51.0 Å². The summed E-state index contributed by atoms with van der Waals surface area (Å²) < 4.78 is 18.7. The van der Waals surface area contributed by atoms with Gasteiger partial charge in [-0.2, -0.15) is 0 Å². The maximum atomic E-state index is 15.1. The Bertz CT molecular complexity index is 1670. The number of nitrogens with one attached hydrogen (secondary N) is 1. The van der Waals surface area contributed by atoms with Crippen molar-refractivity contribution in [3.63, 3.8) is 0 Å². The lowest BCUT2D eigenvalue weighted by Gasteiger charge is -2.37. The van der Waals surface area contributed by atoms with Crippen LogP contribution in [0.5, 0.6) is 0 Å². The second-order valence-corrected chi connectivity index (χ2v) is 15.8. The number of esters is 1. The Morgan fingerprint density at radius 1 is 1.05 bits per heavy atom. The van der Waals surface area contributed by atoms with E-state index in [-0.39, 0.29) is 55.3 Å². The Hall–Kier alpha value is -4.04. The van der Waals surface area contributed by atoms with Crippen molar-refractivity contribution < 1.29 is 38.5 Å². The third kappa shape index (κ3) is 8.91. The number of aliphatic hydroxyl groups is 1. The number of carbonyl (C=O) groups excluding carboxylic acids is 4. The van der Waals surface area contributed by atoms with Gasteiger partial charge >= 0.3 is 5.97 Å². The number of likely N-dealkylation sites (tertiary alicyclic amines) is 1. The number of nitrogens with zero attached hydrogens (tertiary/aromatic N) is 3. The van der Waals surface area contributed by atoms with Crippen molar-refractivity contribution in [1.82, 2.24) is 10.2 Å². The summed E-state index contributed by atoms with van der Waals surface area (Å²) >= 11 is 3.77. The summed E-state index contributed by atoms with van der Waals surface area (Å²) in [6, 6.07) is 15.1. The molecule has 0 aromatic heterocycles. The summed E-state index contributed by atoms with van der Waals surface area (Å²) in [5.74, 6) is -3.59. The maximum Gasteiger partial charge on any atom is 0.313 e. The molecule has 3 saturated heterocycles. The lowest BCUT2D eigenvalue weighted by molar-refractivity contribution is -0.163. The zero-order valence-electron chi connectivity index (χ0n) is 32.8. The van der Waals surface area contributed by atoms with Crippen molar-refractivity contribution in [1.29, 1.82) is 0 Å².